The van der Waals surface area contributed by atoms with Crippen LogP contribution in [0.5, 0.6) is 0 Å². The molecule has 4 nitrogen and oxygen atoms in total. The first-order valence-corrected chi connectivity index (χ1v) is 9.04. The highest BCUT2D eigenvalue weighted by Gasteiger charge is 2.28. The fourth-order valence-electron chi connectivity index (χ4n) is 2.64. The third-order valence-electron chi connectivity index (χ3n) is 4.02. The Labute approximate surface area is 140 Å². The molecule has 0 aliphatic carbocycles. The first kappa shape index (κ1) is 19.6. The average molecular weight is 321 g/mol. The summed E-state index contributed by atoms with van der Waals surface area (Å²) in [5.74, 6) is 0.0183. The molecule has 0 saturated carbocycles. The van der Waals surface area contributed by atoms with Gasteiger partial charge in [-0.3, -0.25) is 9.59 Å². The van der Waals surface area contributed by atoms with Crippen molar-refractivity contribution < 1.29 is 14.3 Å². The number of nitrogens with zero attached hydrogens (tertiary/aromatic N) is 1. The number of hydrogen-bond donors (Lipinski definition) is 0. The van der Waals surface area contributed by atoms with Gasteiger partial charge in [-0.25, -0.2) is 0 Å². The maximum absolute atomic E-state index is 12.0. The lowest BCUT2D eigenvalue weighted by atomic mass is 10.1. The second-order valence-electron chi connectivity index (χ2n) is 6.39. The Morgan fingerprint density at radius 3 is 2.52 bits per heavy atom. The van der Waals surface area contributed by atoms with E-state index < -0.39 is 6.10 Å². The van der Waals surface area contributed by atoms with Gasteiger partial charge in [0.05, 0.1) is 6.42 Å². The molecule has 0 bridgehead atoms. The van der Waals surface area contributed by atoms with Crippen molar-refractivity contribution in [3.05, 3.63) is 11.6 Å². The van der Waals surface area contributed by atoms with Crippen LogP contribution >= 0.6 is 0 Å². The SMILES string of the molecule is CCCCCCC/C(C)=C/C(=O)CC1=NC(=O)C(CCCC)O1. The van der Waals surface area contributed by atoms with Crippen molar-refractivity contribution >= 4 is 17.6 Å². The summed E-state index contributed by atoms with van der Waals surface area (Å²) < 4.78 is 5.50. The molecule has 0 spiro atoms. The summed E-state index contributed by atoms with van der Waals surface area (Å²) in [6.45, 7) is 6.26. The van der Waals surface area contributed by atoms with Gasteiger partial charge in [0.1, 0.15) is 0 Å². The largest absolute Gasteiger partial charge is 0.467 e. The van der Waals surface area contributed by atoms with Crippen molar-refractivity contribution in [2.24, 2.45) is 4.99 Å². The molecule has 1 aliphatic rings. The van der Waals surface area contributed by atoms with Crippen LogP contribution in [-0.4, -0.2) is 23.7 Å². The van der Waals surface area contributed by atoms with Gasteiger partial charge >= 0.3 is 0 Å². The predicted molar refractivity (Wildman–Crippen MR) is 93.6 cm³/mol. The standard InChI is InChI=1S/C19H31NO3/c1-4-6-8-9-10-11-15(3)13-16(21)14-18-20-19(22)17(23-18)12-7-5-2/h13,17H,4-12,14H2,1-3H3/b15-13+. The zero-order chi connectivity index (χ0) is 17.1. The molecule has 1 unspecified atom stereocenters. The number of ether oxygens (including phenoxy) is 1. The molecule has 0 aromatic heterocycles. The third kappa shape index (κ3) is 8.10. The van der Waals surface area contributed by atoms with Crippen LogP contribution in [0, 0.1) is 0 Å². The number of carbonyl (C=O) groups is 2. The molecule has 4 heteroatoms. The topological polar surface area (TPSA) is 55.7 Å². The molecule has 0 saturated heterocycles. The van der Waals surface area contributed by atoms with Crippen molar-refractivity contribution in [2.45, 2.75) is 91.1 Å². The smallest absolute Gasteiger partial charge is 0.289 e. The Bertz CT molecular complexity index is 452. The molecule has 1 atom stereocenters. The molecule has 1 amide bonds. The number of carbonyl (C=O) groups excluding carboxylic acids is 2. The average Bonchev–Trinajstić information content (AvgIpc) is 2.84. The number of hydrogen-bond acceptors (Lipinski definition) is 3. The van der Waals surface area contributed by atoms with Gasteiger partial charge in [0, 0.05) is 0 Å². The normalized spacial score (nSPS) is 18.0. The summed E-state index contributed by atoms with van der Waals surface area (Å²) in [4.78, 5) is 27.6. The minimum Gasteiger partial charge on any atom is -0.467 e. The fraction of sp³-hybridized carbons (Fsp3) is 0.737. The monoisotopic (exact) mass is 321 g/mol. The lowest BCUT2D eigenvalue weighted by Gasteiger charge is -2.08. The maximum Gasteiger partial charge on any atom is 0.289 e. The number of unbranched alkanes of at least 4 members (excludes halogenated alkanes) is 5. The van der Waals surface area contributed by atoms with E-state index in [0.717, 1.165) is 31.3 Å². The van der Waals surface area contributed by atoms with Gasteiger partial charge in [0.25, 0.3) is 5.91 Å². The Kier molecular flexibility index (Phi) is 9.49. The van der Waals surface area contributed by atoms with Crippen molar-refractivity contribution in [2.75, 3.05) is 0 Å². The first-order valence-electron chi connectivity index (χ1n) is 9.04. The first-order chi connectivity index (χ1) is 11.1. The highest BCUT2D eigenvalue weighted by molar-refractivity contribution is 6.09. The van der Waals surface area contributed by atoms with Crippen LogP contribution in [-0.2, 0) is 14.3 Å². The van der Waals surface area contributed by atoms with E-state index in [1.54, 1.807) is 6.08 Å². The van der Waals surface area contributed by atoms with Crippen LogP contribution < -0.4 is 0 Å². The number of ketones is 1. The Hall–Kier alpha value is -1.45. The van der Waals surface area contributed by atoms with Crippen molar-refractivity contribution in [3.63, 3.8) is 0 Å². The van der Waals surface area contributed by atoms with Crippen LogP contribution in [0.3, 0.4) is 0 Å². The zero-order valence-corrected chi connectivity index (χ0v) is 14.9. The molecule has 0 fully saturated rings. The summed E-state index contributed by atoms with van der Waals surface area (Å²) in [6, 6.07) is 0. The molecule has 0 aromatic rings. The zero-order valence-electron chi connectivity index (χ0n) is 14.9. The highest BCUT2D eigenvalue weighted by atomic mass is 16.5. The minimum absolute atomic E-state index is 0.0289. The summed E-state index contributed by atoms with van der Waals surface area (Å²) >= 11 is 0. The van der Waals surface area contributed by atoms with E-state index in [2.05, 4.69) is 18.8 Å². The fourth-order valence-corrected chi connectivity index (χ4v) is 2.64. The number of aliphatic imine (C=N–C) groups is 1. The van der Waals surface area contributed by atoms with E-state index in [9.17, 15) is 9.59 Å². The molecule has 0 radical (unpaired) electrons. The lowest BCUT2D eigenvalue weighted by molar-refractivity contribution is -0.123. The summed E-state index contributed by atoms with van der Waals surface area (Å²) in [7, 11) is 0. The molecule has 0 N–H and O–H groups in total. The summed E-state index contributed by atoms with van der Waals surface area (Å²) in [5.41, 5.74) is 1.10. The van der Waals surface area contributed by atoms with Crippen LogP contribution in [0.4, 0.5) is 0 Å². The van der Waals surface area contributed by atoms with Crippen LogP contribution in [0.15, 0.2) is 16.6 Å². The molecule has 1 aliphatic heterocycles. The van der Waals surface area contributed by atoms with Crippen LogP contribution in [0.2, 0.25) is 0 Å². The van der Waals surface area contributed by atoms with Gasteiger partial charge in [0.15, 0.2) is 17.8 Å². The third-order valence-corrected chi connectivity index (χ3v) is 4.02. The minimum atomic E-state index is -0.471. The number of amides is 1. The molecule has 0 aromatic carbocycles. The lowest BCUT2D eigenvalue weighted by Crippen LogP contribution is -2.18. The van der Waals surface area contributed by atoms with E-state index in [0.29, 0.717) is 6.42 Å². The quantitative estimate of drug-likeness (QED) is 0.384. The Morgan fingerprint density at radius 2 is 1.83 bits per heavy atom. The van der Waals surface area contributed by atoms with Crippen molar-refractivity contribution in [1.82, 2.24) is 0 Å². The maximum atomic E-state index is 12.0. The Morgan fingerprint density at radius 1 is 1.13 bits per heavy atom. The van der Waals surface area contributed by atoms with Gasteiger partial charge in [-0.05, 0) is 38.7 Å². The molecular weight excluding hydrogens is 290 g/mol. The molecule has 23 heavy (non-hydrogen) atoms. The summed E-state index contributed by atoms with van der Waals surface area (Å²) in [5, 5.41) is 0. The number of allylic oxidation sites excluding steroid dienone is 2. The van der Waals surface area contributed by atoms with Gasteiger partial charge < -0.3 is 4.74 Å². The number of rotatable bonds is 12. The van der Waals surface area contributed by atoms with Gasteiger partial charge in [-0.1, -0.05) is 51.5 Å². The second kappa shape index (κ2) is 11.1. The van der Waals surface area contributed by atoms with Gasteiger partial charge in [-0.15, -0.1) is 0 Å². The molecule has 130 valence electrons. The van der Waals surface area contributed by atoms with E-state index >= 15 is 0 Å². The van der Waals surface area contributed by atoms with E-state index in [4.69, 9.17) is 4.74 Å². The highest BCUT2D eigenvalue weighted by Crippen LogP contribution is 2.16. The van der Waals surface area contributed by atoms with Crippen LogP contribution in [0.1, 0.15) is 85.0 Å². The molecular formula is C19H31NO3. The van der Waals surface area contributed by atoms with Crippen molar-refractivity contribution in [3.8, 4) is 0 Å². The second-order valence-corrected chi connectivity index (χ2v) is 6.39. The van der Waals surface area contributed by atoms with Crippen LogP contribution in [0.25, 0.3) is 0 Å². The summed E-state index contributed by atoms with van der Waals surface area (Å²) in [6.07, 6.45) is 11.0. The van der Waals surface area contributed by atoms with E-state index in [1.165, 1.54) is 25.7 Å². The Balaban J connectivity index is 2.31. The van der Waals surface area contributed by atoms with E-state index in [1.807, 2.05) is 6.92 Å². The molecule has 1 heterocycles. The van der Waals surface area contributed by atoms with Gasteiger partial charge in [0.2, 0.25) is 0 Å². The van der Waals surface area contributed by atoms with Crippen molar-refractivity contribution in [1.29, 1.82) is 0 Å². The van der Waals surface area contributed by atoms with Gasteiger partial charge in [-0.2, -0.15) is 4.99 Å². The van der Waals surface area contributed by atoms with E-state index in [-0.39, 0.29) is 24.0 Å². The molecule has 1 rings (SSSR count). The predicted octanol–water partition coefficient (Wildman–Crippen LogP) is 4.77.